The van der Waals surface area contributed by atoms with Crippen LogP contribution in [0.25, 0.3) is 0 Å². The second-order valence-corrected chi connectivity index (χ2v) is 6.09. The Morgan fingerprint density at radius 1 is 1.39 bits per heavy atom. The molecular weight excluding hydrogens is 256 g/mol. The van der Waals surface area contributed by atoms with E-state index in [4.69, 9.17) is 9.29 Å². The normalized spacial score (nSPS) is 13.1. The molecule has 0 aromatic heterocycles. The summed E-state index contributed by atoms with van der Waals surface area (Å²) < 4.78 is 35.9. The van der Waals surface area contributed by atoms with Crippen molar-refractivity contribution < 1.29 is 22.5 Å². The minimum atomic E-state index is -4.13. The lowest BCUT2D eigenvalue weighted by molar-refractivity contribution is 0.111. The van der Waals surface area contributed by atoms with Crippen LogP contribution in [0.5, 0.6) is 5.75 Å². The van der Waals surface area contributed by atoms with Crippen LogP contribution in [-0.4, -0.2) is 31.1 Å². The van der Waals surface area contributed by atoms with Crippen LogP contribution in [0.15, 0.2) is 12.1 Å². The first-order chi connectivity index (χ1) is 8.25. The average Bonchev–Trinajstić information content (AvgIpc) is 2.25. The molecule has 1 aromatic carbocycles. The summed E-state index contributed by atoms with van der Waals surface area (Å²) in [6.07, 6.45) is 0.660. The first-order valence-electron chi connectivity index (χ1n) is 5.41. The highest BCUT2D eigenvalue weighted by molar-refractivity contribution is 7.86. The van der Waals surface area contributed by atoms with Gasteiger partial charge in [0.25, 0.3) is 10.1 Å². The van der Waals surface area contributed by atoms with Crippen molar-refractivity contribution >= 4 is 16.4 Å². The molecule has 1 aromatic rings. The van der Waals surface area contributed by atoms with E-state index in [-0.39, 0.29) is 6.61 Å². The van der Waals surface area contributed by atoms with Crippen LogP contribution in [0.3, 0.4) is 0 Å². The number of benzene rings is 1. The van der Waals surface area contributed by atoms with E-state index < -0.39 is 15.4 Å². The molecule has 0 saturated heterocycles. The van der Waals surface area contributed by atoms with Crippen LogP contribution in [0.2, 0.25) is 0 Å². The molecule has 0 aliphatic rings. The summed E-state index contributed by atoms with van der Waals surface area (Å²) >= 11 is 0. The SMILES string of the molecule is Cc1cc(C)c(OCC(C)S(=O)(=O)O)c(C=O)c1. The van der Waals surface area contributed by atoms with Crippen molar-refractivity contribution in [2.75, 3.05) is 6.61 Å². The average molecular weight is 272 g/mol. The quantitative estimate of drug-likeness (QED) is 0.652. The largest absolute Gasteiger partial charge is 0.491 e. The highest BCUT2D eigenvalue weighted by atomic mass is 32.2. The summed E-state index contributed by atoms with van der Waals surface area (Å²) in [6, 6.07) is 3.49. The molecule has 18 heavy (non-hydrogen) atoms. The Balaban J connectivity index is 2.95. The molecule has 0 bridgehead atoms. The number of hydrogen-bond donors (Lipinski definition) is 1. The van der Waals surface area contributed by atoms with Gasteiger partial charge >= 0.3 is 0 Å². The highest BCUT2D eigenvalue weighted by Gasteiger charge is 2.19. The van der Waals surface area contributed by atoms with Gasteiger partial charge in [-0.1, -0.05) is 6.07 Å². The summed E-state index contributed by atoms with van der Waals surface area (Å²) in [5.74, 6) is 0.353. The number of carbonyl (C=O) groups is 1. The van der Waals surface area contributed by atoms with Gasteiger partial charge in [-0.3, -0.25) is 9.35 Å². The lowest BCUT2D eigenvalue weighted by Gasteiger charge is -2.14. The number of aldehydes is 1. The van der Waals surface area contributed by atoms with Crippen LogP contribution in [0, 0.1) is 13.8 Å². The molecule has 1 rings (SSSR count). The second kappa shape index (κ2) is 5.49. The molecule has 1 N–H and O–H groups in total. The maximum absolute atomic E-state index is 10.9. The zero-order valence-corrected chi connectivity index (χ0v) is 11.3. The van der Waals surface area contributed by atoms with Crippen LogP contribution in [0.1, 0.15) is 28.4 Å². The Kier molecular flexibility index (Phi) is 4.48. The molecule has 0 spiro atoms. The molecule has 5 nitrogen and oxygen atoms in total. The summed E-state index contributed by atoms with van der Waals surface area (Å²) in [5.41, 5.74) is 2.04. The summed E-state index contributed by atoms with van der Waals surface area (Å²) in [6.45, 7) is 4.75. The lowest BCUT2D eigenvalue weighted by atomic mass is 10.1. The number of carbonyl (C=O) groups excluding carboxylic acids is 1. The van der Waals surface area contributed by atoms with Crippen molar-refractivity contribution in [2.24, 2.45) is 0 Å². The Labute approximate surface area is 107 Å². The van der Waals surface area contributed by atoms with Gasteiger partial charge in [-0.15, -0.1) is 0 Å². The molecule has 1 atom stereocenters. The van der Waals surface area contributed by atoms with Crippen LogP contribution in [0.4, 0.5) is 0 Å². The van der Waals surface area contributed by atoms with E-state index in [2.05, 4.69) is 0 Å². The molecule has 0 heterocycles. The zero-order chi connectivity index (χ0) is 13.9. The molecule has 0 aliphatic carbocycles. The van der Waals surface area contributed by atoms with Gasteiger partial charge in [-0.05, 0) is 38.0 Å². The van der Waals surface area contributed by atoms with E-state index >= 15 is 0 Å². The maximum Gasteiger partial charge on any atom is 0.270 e. The number of hydrogen-bond acceptors (Lipinski definition) is 4. The lowest BCUT2D eigenvalue weighted by Crippen LogP contribution is -2.24. The fraction of sp³-hybridized carbons (Fsp3) is 0.417. The molecule has 0 amide bonds. The van der Waals surface area contributed by atoms with E-state index in [1.54, 1.807) is 13.0 Å². The number of aryl methyl sites for hydroxylation is 2. The summed E-state index contributed by atoms with van der Waals surface area (Å²) in [7, 11) is -4.13. The Morgan fingerprint density at radius 2 is 2.00 bits per heavy atom. The second-order valence-electron chi connectivity index (χ2n) is 4.25. The zero-order valence-electron chi connectivity index (χ0n) is 10.5. The Hall–Kier alpha value is -1.40. The highest BCUT2D eigenvalue weighted by Crippen LogP contribution is 2.24. The van der Waals surface area contributed by atoms with E-state index in [0.29, 0.717) is 17.6 Å². The minimum Gasteiger partial charge on any atom is -0.491 e. The van der Waals surface area contributed by atoms with Crippen LogP contribution >= 0.6 is 0 Å². The molecule has 100 valence electrons. The predicted molar refractivity (Wildman–Crippen MR) is 67.8 cm³/mol. The van der Waals surface area contributed by atoms with E-state index in [1.807, 2.05) is 13.0 Å². The third-order valence-corrected chi connectivity index (χ3v) is 3.70. The molecule has 1 unspecified atom stereocenters. The third kappa shape index (κ3) is 3.54. The molecule has 0 aliphatic heterocycles. The third-order valence-electron chi connectivity index (χ3n) is 2.55. The standard InChI is InChI=1S/C12H16O5S/c1-8-4-9(2)12(11(5-8)6-13)17-7-10(3)18(14,15)16/h4-6,10H,7H2,1-3H3,(H,14,15,16). The minimum absolute atomic E-state index is 0.205. The van der Waals surface area contributed by atoms with Crippen molar-refractivity contribution in [3.8, 4) is 5.75 Å². The van der Waals surface area contributed by atoms with Gasteiger partial charge in [0, 0.05) is 0 Å². The van der Waals surface area contributed by atoms with Gasteiger partial charge in [0.15, 0.2) is 6.29 Å². The fourth-order valence-electron chi connectivity index (χ4n) is 1.56. The van der Waals surface area contributed by atoms with Gasteiger partial charge in [0.1, 0.15) is 17.6 Å². The summed E-state index contributed by atoms with van der Waals surface area (Å²) in [4.78, 5) is 10.9. The molecule has 6 heteroatoms. The first-order valence-corrected chi connectivity index (χ1v) is 6.91. The van der Waals surface area contributed by atoms with Crippen molar-refractivity contribution in [1.29, 1.82) is 0 Å². The predicted octanol–water partition coefficient (Wildman–Crippen LogP) is 1.77. The van der Waals surface area contributed by atoms with Crippen molar-refractivity contribution in [1.82, 2.24) is 0 Å². The Morgan fingerprint density at radius 3 is 2.50 bits per heavy atom. The van der Waals surface area contributed by atoms with Gasteiger partial charge in [0.2, 0.25) is 0 Å². The number of rotatable bonds is 5. The van der Waals surface area contributed by atoms with E-state index in [1.165, 1.54) is 6.92 Å². The van der Waals surface area contributed by atoms with Crippen LogP contribution in [-0.2, 0) is 10.1 Å². The van der Waals surface area contributed by atoms with Crippen LogP contribution < -0.4 is 4.74 Å². The Bertz CT molecular complexity index is 548. The van der Waals surface area contributed by atoms with Crippen molar-refractivity contribution in [3.05, 3.63) is 28.8 Å². The monoisotopic (exact) mass is 272 g/mol. The summed E-state index contributed by atoms with van der Waals surface area (Å²) in [5, 5.41) is -1.04. The van der Waals surface area contributed by atoms with Crippen molar-refractivity contribution in [3.63, 3.8) is 0 Å². The molecular formula is C12H16O5S. The molecule has 0 fully saturated rings. The van der Waals surface area contributed by atoms with Gasteiger partial charge in [-0.25, -0.2) is 0 Å². The maximum atomic E-state index is 10.9. The molecule has 0 radical (unpaired) electrons. The topological polar surface area (TPSA) is 80.7 Å². The van der Waals surface area contributed by atoms with E-state index in [0.717, 1.165) is 11.1 Å². The first kappa shape index (κ1) is 14.7. The van der Waals surface area contributed by atoms with E-state index in [9.17, 15) is 13.2 Å². The van der Waals surface area contributed by atoms with Gasteiger partial charge in [-0.2, -0.15) is 8.42 Å². The number of ether oxygens (including phenoxy) is 1. The smallest absolute Gasteiger partial charge is 0.270 e. The fourth-order valence-corrected chi connectivity index (χ4v) is 1.80. The van der Waals surface area contributed by atoms with Gasteiger partial charge < -0.3 is 4.74 Å². The van der Waals surface area contributed by atoms with Gasteiger partial charge in [0.05, 0.1) is 5.56 Å². The van der Waals surface area contributed by atoms with Crippen molar-refractivity contribution in [2.45, 2.75) is 26.0 Å². The molecule has 0 saturated carbocycles.